The second-order valence-corrected chi connectivity index (χ2v) is 7.60. The number of anilines is 1. The van der Waals surface area contributed by atoms with Crippen LogP contribution in [-0.2, 0) is 9.47 Å². The fourth-order valence-electron chi connectivity index (χ4n) is 3.16. The van der Waals surface area contributed by atoms with E-state index >= 15 is 0 Å². The molecular formula is C23H25NO4. The normalized spacial score (nSPS) is 11.4. The first-order valence-electron chi connectivity index (χ1n) is 9.42. The van der Waals surface area contributed by atoms with Crippen LogP contribution in [0, 0.1) is 0 Å². The van der Waals surface area contributed by atoms with Crippen molar-refractivity contribution in [3.05, 3.63) is 54.1 Å². The quantitative estimate of drug-likeness (QED) is 0.452. The lowest BCUT2D eigenvalue weighted by molar-refractivity contribution is 0.0509. The summed E-state index contributed by atoms with van der Waals surface area (Å²) in [5, 5.41) is 5.86. The van der Waals surface area contributed by atoms with Crippen molar-refractivity contribution in [2.45, 2.75) is 39.7 Å². The number of rotatable bonds is 4. The maximum atomic E-state index is 12.8. The van der Waals surface area contributed by atoms with E-state index in [4.69, 9.17) is 9.47 Å². The zero-order valence-corrected chi connectivity index (χ0v) is 16.7. The van der Waals surface area contributed by atoms with Crippen LogP contribution in [0.1, 0.15) is 44.5 Å². The molecule has 0 radical (unpaired) electrons. The standard InChI is InChI=1S/C23H25NO4/c1-5-14-27-21(25)19-15-10-6-8-12-17(15)20(18-13-9-7-11-16(18)19)24-22(26)28-23(2,3)4/h6-13H,5,14H2,1-4H3,(H,24,26). The average Bonchev–Trinajstić information content (AvgIpc) is 2.64. The monoisotopic (exact) mass is 379 g/mol. The molecule has 1 amide bonds. The molecule has 3 aromatic rings. The molecule has 3 aromatic carbocycles. The van der Waals surface area contributed by atoms with E-state index in [1.165, 1.54) is 0 Å². The Kier molecular flexibility index (Phi) is 5.54. The van der Waals surface area contributed by atoms with Crippen molar-refractivity contribution in [2.24, 2.45) is 0 Å². The lowest BCUT2D eigenvalue weighted by Gasteiger charge is -2.21. The van der Waals surface area contributed by atoms with Crippen molar-refractivity contribution < 1.29 is 19.1 Å². The summed E-state index contributed by atoms with van der Waals surface area (Å²) in [6.07, 6.45) is 0.212. The summed E-state index contributed by atoms with van der Waals surface area (Å²) in [7, 11) is 0. The summed E-state index contributed by atoms with van der Waals surface area (Å²) < 4.78 is 10.9. The van der Waals surface area contributed by atoms with Crippen molar-refractivity contribution in [2.75, 3.05) is 11.9 Å². The number of esters is 1. The number of fused-ring (bicyclic) bond motifs is 2. The Hall–Kier alpha value is -3.08. The molecule has 0 spiro atoms. The number of carbonyl (C=O) groups is 2. The van der Waals surface area contributed by atoms with Gasteiger partial charge in [-0.2, -0.15) is 0 Å². The van der Waals surface area contributed by atoms with Gasteiger partial charge in [0.2, 0.25) is 0 Å². The molecule has 0 atom stereocenters. The Labute approximate surface area is 164 Å². The molecule has 0 aliphatic heterocycles. The molecule has 0 bridgehead atoms. The fourth-order valence-corrected chi connectivity index (χ4v) is 3.16. The van der Waals surface area contributed by atoms with E-state index in [1.54, 1.807) is 0 Å². The predicted molar refractivity (Wildman–Crippen MR) is 112 cm³/mol. The highest BCUT2D eigenvalue weighted by Crippen LogP contribution is 2.37. The zero-order valence-electron chi connectivity index (χ0n) is 16.7. The number of carbonyl (C=O) groups excluding carboxylic acids is 2. The highest BCUT2D eigenvalue weighted by atomic mass is 16.6. The predicted octanol–water partition coefficient (Wildman–Crippen LogP) is 5.91. The lowest BCUT2D eigenvalue weighted by Crippen LogP contribution is -2.27. The van der Waals surface area contributed by atoms with E-state index in [0.29, 0.717) is 17.9 Å². The summed E-state index contributed by atoms with van der Waals surface area (Å²) in [6.45, 7) is 7.76. The second-order valence-electron chi connectivity index (χ2n) is 7.60. The first kappa shape index (κ1) is 19.7. The minimum absolute atomic E-state index is 0.361. The van der Waals surface area contributed by atoms with Crippen LogP contribution in [0.3, 0.4) is 0 Å². The topological polar surface area (TPSA) is 64.6 Å². The van der Waals surface area contributed by atoms with Gasteiger partial charge in [-0.1, -0.05) is 55.5 Å². The molecule has 0 aliphatic rings. The third kappa shape index (κ3) is 4.09. The number of benzene rings is 3. The van der Waals surface area contributed by atoms with Gasteiger partial charge in [-0.3, -0.25) is 5.32 Å². The summed E-state index contributed by atoms with van der Waals surface area (Å²) >= 11 is 0. The van der Waals surface area contributed by atoms with Crippen LogP contribution in [-0.4, -0.2) is 24.3 Å². The van der Waals surface area contributed by atoms with Crippen LogP contribution in [0.4, 0.5) is 10.5 Å². The minimum atomic E-state index is -0.612. The van der Waals surface area contributed by atoms with Crippen LogP contribution < -0.4 is 5.32 Å². The summed E-state index contributed by atoms with van der Waals surface area (Å²) in [4.78, 5) is 25.3. The number of ether oxygens (including phenoxy) is 2. The van der Waals surface area contributed by atoms with Crippen LogP contribution in [0.2, 0.25) is 0 Å². The van der Waals surface area contributed by atoms with Crippen LogP contribution in [0.15, 0.2) is 48.5 Å². The van der Waals surface area contributed by atoms with E-state index in [9.17, 15) is 9.59 Å². The number of nitrogens with one attached hydrogen (secondary N) is 1. The molecular weight excluding hydrogens is 354 g/mol. The third-order valence-corrected chi connectivity index (χ3v) is 4.20. The van der Waals surface area contributed by atoms with E-state index in [-0.39, 0.29) is 5.97 Å². The van der Waals surface area contributed by atoms with Crippen molar-refractivity contribution >= 4 is 39.3 Å². The van der Waals surface area contributed by atoms with Crippen molar-refractivity contribution in [1.82, 2.24) is 0 Å². The lowest BCUT2D eigenvalue weighted by atomic mass is 9.94. The Morgan fingerprint density at radius 3 is 1.86 bits per heavy atom. The molecule has 5 nitrogen and oxygen atoms in total. The first-order valence-corrected chi connectivity index (χ1v) is 9.42. The highest BCUT2D eigenvalue weighted by Gasteiger charge is 2.22. The molecule has 28 heavy (non-hydrogen) atoms. The fraction of sp³-hybridized carbons (Fsp3) is 0.304. The Morgan fingerprint density at radius 1 is 0.893 bits per heavy atom. The maximum Gasteiger partial charge on any atom is 0.412 e. The van der Waals surface area contributed by atoms with Gasteiger partial charge < -0.3 is 9.47 Å². The Balaban J connectivity index is 2.22. The molecule has 0 saturated heterocycles. The van der Waals surface area contributed by atoms with Gasteiger partial charge in [0.25, 0.3) is 0 Å². The van der Waals surface area contributed by atoms with Crippen molar-refractivity contribution in [1.29, 1.82) is 0 Å². The highest BCUT2D eigenvalue weighted by molar-refractivity contribution is 6.24. The van der Waals surface area contributed by atoms with Gasteiger partial charge in [-0.25, -0.2) is 9.59 Å². The van der Waals surface area contributed by atoms with Gasteiger partial charge in [-0.15, -0.1) is 0 Å². The molecule has 0 saturated carbocycles. The zero-order chi connectivity index (χ0) is 20.3. The molecule has 5 heteroatoms. The van der Waals surface area contributed by atoms with Crippen LogP contribution >= 0.6 is 0 Å². The largest absolute Gasteiger partial charge is 0.462 e. The molecule has 146 valence electrons. The minimum Gasteiger partial charge on any atom is -0.462 e. The van der Waals surface area contributed by atoms with Gasteiger partial charge in [0, 0.05) is 10.8 Å². The summed E-state index contributed by atoms with van der Waals surface area (Å²) in [5.41, 5.74) is 0.515. The number of amides is 1. The Morgan fingerprint density at radius 2 is 1.39 bits per heavy atom. The molecule has 0 aromatic heterocycles. The molecule has 1 N–H and O–H groups in total. The number of hydrogen-bond donors (Lipinski definition) is 1. The molecule has 0 aliphatic carbocycles. The van der Waals surface area contributed by atoms with Gasteiger partial charge in [0.15, 0.2) is 0 Å². The summed E-state index contributed by atoms with van der Waals surface area (Å²) in [6, 6.07) is 15.0. The van der Waals surface area contributed by atoms with Crippen molar-refractivity contribution in [3.63, 3.8) is 0 Å². The number of hydrogen-bond acceptors (Lipinski definition) is 4. The van der Waals surface area contributed by atoms with E-state index in [2.05, 4.69) is 5.32 Å². The van der Waals surface area contributed by atoms with Crippen LogP contribution in [0.5, 0.6) is 0 Å². The van der Waals surface area contributed by atoms with Gasteiger partial charge in [-0.05, 0) is 38.0 Å². The Bertz CT molecular complexity index is 977. The van der Waals surface area contributed by atoms with E-state index in [0.717, 1.165) is 28.0 Å². The van der Waals surface area contributed by atoms with Crippen molar-refractivity contribution in [3.8, 4) is 0 Å². The molecule has 3 rings (SSSR count). The summed E-state index contributed by atoms with van der Waals surface area (Å²) in [5.74, 6) is -0.363. The molecule has 0 fully saturated rings. The van der Waals surface area contributed by atoms with E-state index < -0.39 is 11.7 Å². The SMILES string of the molecule is CCCOC(=O)c1c2ccccc2c(NC(=O)OC(C)(C)C)c2ccccc12. The maximum absolute atomic E-state index is 12.8. The second kappa shape index (κ2) is 7.89. The van der Waals surface area contributed by atoms with Gasteiger partial charge in [0.05, 0.1) is 17.9 Å². The molecule has 0 heterocycles. The van der Waals surface area contributed by atoms with Crippen LogP contribution in [0.25, 0.3) is 21.5 Å². The van der Waals surface area contributed by atoms with Gasteiger partial charge >= 0.3 is 12.1 Å². The third-order valence-electron chi connectivity index (χ3n) is 4.20. The van der Waals surface area contributed by atoms with E-state index in [1.807, 2.05) is 76.2 Å². The smallest absolute Gasteiger partial charge is 0.412 e. The average molecular weight is 379 g/mol. The molecule has 0 unspecified atom stereocenters. The first-order chi connectivity index (χ1) is 13.3. The van der Waals surface area contributed by atoms with Gasteiger partial charge in [0.1, 0.15) is 5.60 Å².